The molecule has 0 saturated heterocycles. The topological polar surface area (TPSA) is 83.8 Å². The molecule has 0 aliphatic rings. The Kier molecular flexibility index (Phi) is 3.57. The molecule has 2 N–H and O–H groups in total. The lowest BCUT2D eigenvalue weighted by Gasteiger charge is -2.07. The number of nitrogens with one attached hydrogen (secondary N) is 1. The first-order valence-electron chi connectivity index (χ1n) is 5.90. The highest BCUT2D eigenvalue weighted by Gasteiger charge is 2.11. The van der Waals surface area contributed by atoms with Gasteiger partial charge in [0.2, 0.25) is 0 Å². The minimum Gasteiger partial charge on any atom is -0.396 e. The summed E-state index contributed by atoms with van der Waals surface area (Å²) in [5.41, 5.74) is 1.76. The average Bonchev–Trinajstić information content (AvgIpc) is 2.81. The lowest BCUT2D eigenvalue weighted by atomic mass is 10.2. The average molecular weight is 248 g/mol. The summed E-state index contributed by atoms with van der Waals surface area (Å²) >= 11 is 0. The van der Waals surface area contributed by atoms with E-state index in [-0.39, 0.29) is 12.2 Å². The van der Waals surface area contributed by atoms with Crippen molar-refractivity contribution in [3.05, 3.63) is 33.9 Å². The van der Waals surface area contributed by atoms with Crippen LogP contribution in [0.5, 0.6) is 0 Å². The van der Waals surface area contributed by atoms with E-state index < -0.39 is 0 Å². The predicted octanol–water partition coefficient (Wildman–Crippen LogP) is 0.497. The van der Waals surface area contributed by atoms with Gasteiger partial charge in [-0.1, -0.05) is 0 Å². The second-order valence-corrected chi connectivity index (χ2v) is 3.98. The Hall–Kier alpha value is -1.95. The number of hydrogen-bond donors (Lipinski definition) is 2. The molecule has 2 rings (SSSR count). The molecule has 2 heterocycles. The Labute approximate surface area is 104 Å². The van der Waals surface area contributed by atoms with Gasteiger partial charge in [-0.15, -0.1) is 0 Å². The predicted molar refractivity (Wildman–Crippen MR) is 67.3 cm³/mol. The molecule has 96 valence electrons. The summed E-state index contributed by atoms with van der Waals surface area (Å²) in [5.74, 6) is 0.513. The Balaban J connectivity index is 2.51. The van der Waals surface area contributed by atoms with Crippen molar-refractivity contribution in [2.45, 2.75) is 26.8 Å². The number of aliphatic hydroxyl groups is 1. The molecule has 0 spiro atoms. The molecule has 0 aliphatic heterocycles. The molecule has 0 unspecified atom stereocenters. The van der Waals surface area contributed by atoms with Gasteiger partial charge in [0.25, 0.3) is 5.56 Å². The molecule has 0 amide bonds. The fourth-order valence-electron chi connectivity index (χ4n) is 1.92. The van der Waals surface area contributed by atoms with Gasteiger partial charge in [0.05, 0.1) is 0 Å². The number of aryl methyl sites for hydroxylation is 2. The lowest BCUT2D eigenvalue weighted by molar-refractivity contribution is 0.298. The third-order valence-electron chi connectivity index (χ3n) is 2.84. The molecule has 0 saturated carbocycles. The highest BCUT2D eigenvalue weighted by atomic mass is 16.3. The molecule has 0 atom stereocenters. The molecule has 6 heteroatoms. The Bertz CT molecular complexity index is 600. The number of aliphatic hydroxyl groups excluding tert-OH is 1. The minimum atomic E-state index is -0.199. The largest absolute Gasteiger partial charge is 0.396 e. The standard InChI is InChI=1S/C12H16N4O2/c1-3-16-10(4-6-13-16)11-14-8(2)9(5-7-17)12(18)15-11/h4,6,17H,3,5,7H2,1-2H3,(H,14,15,18). The number of H-pyrrole nitrogens is 1. The highest BCUT2D eigenvalue weighted by Crippen LogP contribution is 2.14. The Morgan fingerprint density at radius 2 is 2.28 bits per heavy atom. The molecular weight excluding hydrogens is 232 g/mol. The quantitative estimate of drug-likeness (QED) is 0.825. The van der Waals surface area contributed by atoms with Crippen LogP contribution in [0.25, 0.3) is 11.5 Å². The van der Waals surface area contributed by atoms with Crippen molar-refractivity contribution in [1.82, 2.24) is 19.7 Å². The van der Waals surface area contributed by atoms with Gasteiger partial charge < -0.3 is 10.1 Å². The van der Waals surface area contributed by atoms with E-state index in [1.54, 1.807) is 17.8 Å². The number of rotatable bonds is 4. The van der Waals surface area contributed by atoms with E-state index in [1.807, 2.05) is 13.0 Å². The smallest absolute Gasteiger partial charge is 0.254 e. The van der Waals surface area contributed by atoms with Crippen molar-refractivity contribution < 1.29 is 5.11 Å². The number of hydrogen-bond acceptors (Lipinski definition) is 4. The normalized spacial score (nSPS) is 10.8. The van der Waals surface area contributed by atoms with Crippen LogP contribution >= 0.6 is 0 Å². The fourth-order valence-corrected chi connectivity index (χ4v) is 1.92. The van der Waals surface area contributed by atoms with Gasteiger partial charge in [-0.05, 0) is 19.9 Å². The second kappa shape index (κ2) is 5.14. The van der Waals surface area contributed by atoms with Crippen LogP contribution in [-0.2, 0) is 13.0 Å². The first kappa shape index (κ1) is 12.5. The summed E-state index contributed by atoms with van der Waals surface area (Å²) in [5, 5.41) is 13.1. The van der Waals surface area contributed by atoms with E-state index in [1.165, 1.54) is 0 Å². The summed E-state index contributed by atoms with van der Waals surface area (Å²) < 4.78 is 1.77. The number of nitrogens with zero attached hydrogens (tertiary/aromatic N) is 3. The SMILES string of the molecule is CCn1nccc1-c1nc(C)c(CCO)c(=O)[nH]1. The molecule has 18 heavy (non-hydrogen) atoms. The van der Waals surface area contributed by atoms with Gasteiger partial charge in [0.15, 0.2) is 5.82 Å². The van der Waals surface area contributed by atoms with Crippen LogP contribution in [0.15, 0.2) is 17.1 Å². The summed E-state index contributed by atoms with van der Waals surface area (Å²) in [7, 11) is 0. The highest BCUT2D eigenvalue weighted by molar-refractivity contribution is 5.49. The van der Waals surface area contributed by atoms with E-state index in [0.29, 0.717) is 30.0 Å². The zero-order chi connectivity index (χ0) is 13.1. The van der Waals surface area contributed by atoms with Gasteiger partial charge in [0.1, 0.15) is 5.69 Å². The summed E-state index contributed by atoms with van der Waals surface area (Å²) in [4.78, 5) is 19.0. The number of aromatic amines is 1. The summed E-state index contributed by atoms with van der Waals surface area (Å²) in [6, 6.07) is 1.81. The van der Waals surface area contributed by atoms with E-state index in [4.69, 9.17) is 5.11 Å². The zero-order valence-corrected chi connectivity index (χ0v) is 10.5. The van der Waals surface area contributed by atoms with Crippen molar-refractivity contribution in [2.24, 2.45) is 0 Å². The van der Waals surface area contributed by atoms with E-state index in [9.17, 15) is 4.79 Å². The first-order chi connectivity index (χ1) is 8.67. The van der Waals surface area contributed by atoms with Gasteiger partial charge in [-0.3, -0.25) is 9.48 Å². The maximum atomic E-state index is 11.9. The van der Waals surface area contributed by atoms with Crippen LogP contribution in [0.3, 0.4) is 0 Å². The van der Waals surface area contributed by atoms with Crippen LogP contribution in [0.4, 0.5) is 0 Å². The van der Waals surface area contributed by atoms with Gasteiger partial charge in [-0.25, -0.2) is 4.98 Å². The van der Waals surface area contributed by atoms with E-state index >= 15 is 0 Å². The first-order valence-corrected chi connectivity index (χ1v) is 5.90. The third-order valence-corrected chi connectivity index (χ3v) is 2.84. The molecule has 0 aromatic carbocycles. The van der Waals surface area contributed by atoms with Crippen molar-refractivity contribution in [3.63, 3.8) is 0 Å². The molecule has 2 aromatic heterocycles. The monoisotopic (exact) mass is 248 g/mol. The third kappa shape index (κ3) is 2.19. The van der Waals surface area contributed by atoms with E-state index in [2.05, 4.69) is 15.1 Å². The molecule has 2 aromatic rings. The maximum Gasteiger partial charge on any atom is 0.254 e. The van der Waals surface area contributed by atoms with E-state index in [0.717, 1.165) is 5.69 Å². The summed E-state index contributed by atoms with van der Waals surface area (Å²) in [6.45, 7) is 4.40. The van der Waals surface area contributed by atoms with Gasteiger partial charge in [0, 0.05) is 37.0 Å². The number of aromatic nitrogens is 4. The zero-order valence-electron chi connectivity index (χ0n) is 10.5. The van der Waals surface area contributed by atoms with Crippen molar-refractivity contribution in [2.75, 3.05) is 6.61 Å². The van der Waals surface area contributed by atoms with Gasteiger partial charge >= 0.3 is 0 Å². The fraction of sp³-hybridized carbons (Fsp3) is 0.417. The van der Waals surface area contributed by atoms with Crippen LogP contribution < -0.4 is 5.56 Å². The van der Waals surface area contributed by atoms with Crippen molar-refractivity contribution in [3.8, 4) is 11.5 Å². The van der Waals surface area contributed by atoms with Crippen LogP contribution in [0.1, 0.15) is 18.2 Å². The van der Waals surface area contributed by atoms with Crippen molar-refractivity contribution >= 4 is 0 Å². The van der Waals surface area contributed by atoms with Crippen LogP contribution in [0, 0.1) is 6.92 Å². The molecule has 0 bridgehead atoms. The van der Waals surface area contributed by atoms with Crippen molar-refractivity contribution in [1.29, 1.82) is 0 Å². The molecular formula is C12H16N4O2. The second-order valence-electron chi connectivity index (χ2n) is 3.98. The summed E-state index contributed by atoms with van der Waals surface area (Å²) in [6.07, 6.45) is 2.00. The van der Waals surface area contributed by atoms with Gasteiger partial charge in [-0.2, -0.15) is 5.10 Å². The molecule has 0 aliphatic carbocycles. The molecule has 6 nitrogen and oxygen atoms in total. The lowest BCUT2D eigenvalue weighted by Crippen LogP contribution is -2.19. The van der Waals surface area contributed by atoms with Crippen LogP contribution in [0.2, 0.25) is 0 Å². The Morgan fingerprint density at radius 1 is 1.50 bits per heavy atom. The maximum absolute atomic E-state index is 11.9. The minimum absolute atomic E-state index is 0.0577. The Morgan fingerprint density at radius 3 is 2.89 bits per heavy atom. The molecule has 0 fully saturated rings. The molecule has 0 radical (unpaired) electrons. The van der Waals surface area contributed by atoms with Crippen LogP contribution in [-0.4, -0.2) is 31.5 Å².